The van der Waals surface area contributed by atoms with Crippen LogP contribution in [0.3, 0.4) is 0 Å². The van der Waals surface area contributed by atoms with E-state index in [0.717, 1.165) is 0 Å². The van der Waals surface area contributed by atoms with Gasteiger partial charge in [-0.15, -0.1) is 0 Å². The summed E-state index contributed by atoms with van der Waals surface area (Å²) in [6, 6.07) is 0. The highest BCUT2D eigenvalue weighted by atomic mass is 31.2. The Bertz CT molecular complexity index is 479. The minimum absolute atomic E-state index is 0.126. The van der Waals surface area contributed by atoms with E-state index in [0.29, 0.717) is 0 Å². The SMILES string of the molecule is CCCCCCCC[P+](CCCCCCCC)(CCCCCCCC)CCCCCCCC.CCOP(=O)([O-])OCC. The number of hydrogen-bond donors (Lipinski definition) is 0. The van der Waals surface area contributed by atoms with E-state index in [9.17, 15) is 9.46 Å². The number of hydrogen-bond acceptors (Lipinski definition) is 4. The zero-order valence-electron chi connectivity index (χ0n) is 29.7. The number of rotatable bonds is 32. The monoisotopic (exact) mass is 637 g/mol. The Hall–Kier alpha value is 0.540. The van der Waals surface area contributed by atoms with Gasteiger partial charge in [-0.3, -0.25) is 4.57 Å². The highest BCUT2D eigenvalue weighted by molar-refractivity contribution is 7.75. The van der Waals surface area contributed by atoms with Gasteiger partial charge in [0, 0.05) is 7.26 Å². The first-order chi connectivity index (χ1) is 20.4. The van der Waals surface area contributed by atoms with Crippen LogP contribution >= 0.6 is 15.1 Å². The first-order valence-electron chi connectivity index (χ1n) is 18.8. The molecule has 0 spiro atoms. The Labute approximate surface area is 266 Å². The molecule has 0 N–H and O–H groups in total. The van der Waals surface area contributed by atoms with Gasteiger partial charge in [-0.25, -0.2) is 0 Å². The summed E-state index contributed by atoms with van der Waals surface area (Å²) >= 11 is 0. The van der Waals surface area contributed by atoms with Gasteiger partial charge in [-0.2, -0.15) is 0 Å². The molecule has 0 aromatic heterocycles. The van der Waals surface area contributed by atoms with Crippen molar-refractivity contribution in [1.29, 1.82) is 0 Å². The molecule has 0 saturated carbocycles. The van der Waals surface area contributed by atoms with Crippen LogP contribution in [0.1, 0.15) is 196 Å². The zero-order chi connectivity index (χ0) is 31.6. The fourth-order valence-electron chi connectivity index (χ4n) is 5.93. The van der Waals surface area contributed by atoms with Crippen LogP contribution in [0, 0.1) is 0 Å². The van der Waals surface area contributed by atoms with E-state index in [2.05, 4.69) is 36.7 Å². The van der Waals surface area contributed by atoms with Gasteiger partial charge >= 0.3 is 0 Å². The van der Waals surface area contributed by atoms with Crippen molar-refractivity contribution in [2.45, 2.75) is 196 Å². The summed E-state index contributed by atoms with van der Waals surface area (Å²) in [6.07, 6.45) is 42.1. The van der Waals surface area contributed by atoms with Crippen LogP contribution in [0.15, 0.2) is 0 Å². The summed E-state index contributed by atoms with van der Waals surface area (Å²) in [5.74, 6) is 0. The van der Waals surface area contributed by atoms with Crippen molar-refractivity contribution < 1.29 is 18.5 Å². The predicted octanol–water partition coefficient (Wildman–Crippen LogP) is 13.0. The molecule has 0 aliphatic heterocycles. The van der Waals surface area contributed by atoms with E-state index >= 15 is 0 Å². The van der Waals surface area contributed by atoms with Crippen molar-refractivity contribution in [2.24, 2.45) is 0 Å². The predicted molar refractivity (Wildman–Crippen MR) is 191 cm³/mol. The van der Waals surface area contributed by atoms with Crippen LogP contribution in [0.25, 0.3) is 0 Å². The quantitative estimate of drug-likeness (QED) is 0.0544. The highest BCUT2D eigenvalue weighted by Gasteiger charge is 2.34. The van der Waals surface area contributed by atoms with E-state index in [1.807, 2.05) is 0 Å². The second-order valence-electron chi connectivity index (χ2n) is 12.6. The molecule has 256 valence electrons. The van der Waals surface area contributed by atoms with Crippen molar-refractivity contribution >= 4 is 15.1 Å². The van der Waals surface area contributed by atoms with E-state index < -0.39 is 15.1 Å². The molecule has 0 aromatic carbocycles. The van der Waals surface area contributed by atoms with Crippen LogP contribution in [-0.2, 0) is 13.6 Å². The maximum Gasteiger partial charge on any atom is 0.267 e. The fraction of sp³-hybridized carbons (Fsp3) is 1.00. The molecular formula is C36H78O4P2. The van der Waals surface area contributed by atoms with Gasteiger partial charge in [-0.05, 0) is 65.2 Å². The van der Waals surface area contributed by atoms with Crippen LogP contribution in [0.4, 0.5) is 0 Å². The molecule has 0 aromatic rings. The summed E-state index contributed by atoms with van der Waals surface area (Å²) in [4.78, 5) is 10.4. The lowest BCUT2D eigenvalue weighted by atomic mass is 10.1. The van der Waals surface area contributed by atoms with Crippen molar-refractivity contribution in [3.63, 3.8) is 0 Å². The summed E-state index contributed by atoms with van der Waals surface area (Å²) in [5, 5.41) is 0. The van der Waals surface area contributed by atoms with Crippen LogP contribution in [-0.4, -0.2) is 37.9 Å². The average molecular weight is 637 g/mol. The van der Waals surface area contributed by atoms with Gasteiger partial charge in [0.05, 0.1) is 37.9 Å². The van der Waals surface area contributed by atoms with Crippen LogP contribution < -0.4 is 4.89 Å². The molecule has 0 amide bonds. The third kappa shape index (κ3) is 31.9. The second kappa shape index (κ2) is 34.4. The average Bonchev–Trinajstić information content (AvgIpc) is 2.96. The van der Waals surface area contributed by atoms with Gasteiger partial charge in [0.2, 0.25) is 0 Å². The van der Waals surface area contributed by atoms with Gasteiger partial charge in [0.15, 0.2) is 0 Å². The van der Waals surface area contributed by atoms with Crippen molar-refractivity contribution in [2.75, 3.05) is 37.9 Å². The molecule has 4 nitrogen and oxygen atoms in total. The molecular weight excluding hydrogens is 558 g/mol. The number of unbranched alkanes of at least 4 members (excludes halogenated alkanes) is 20. The summed E-state index contributed by atoms with van der Waals surface area (Å²) in [7, 11) is -4.66. The molecule has 0 aliphatic rings. The lowest BCUT2D eigenvalue weighted by Crippen LogP contribution is -2.13. The smallest absolute Gasteiger partial charge is 0.267 e. The standard InChI is InChI=1S/C32H68P.C4H11O4P/c1-5-9-13-17-21-25-29-33(30-26-22-18-14-10-6-2,31-27-23-19-15-11-7-3)32-28-24-20-16-12-8-4;1-3-7-9(5,6)8-4-2/h5-32H2,1-4H3;3-4H2,1-2H3,(H,5,6)/q+1;/p-1. The summed E-state index contributed by atoms with van der Waals surface area (Å²) < 4.78 is 18.9. The van der Waals surface area contributed by atoms with Gasteiger partial charge < -0.3 is 13.9 Å². The van der Waals surface area contributed by atoms with Gasteiger partial charge in [0.25, 0.3) is 7.82 Å². The molecule has 0 rings (SSSR count). The maximum absolute atomic E-state index is 10.4. The molecule has 6 heteroatoms. The Balaban J connectivity index is 0. The van der Waals surface area contributed by atoms with E-state index in [4.69, 9.17) is 0 Å². The summed E-state index contributed by atoms with van der Waals surface area (Å²) in [5.41, 5.74) is 0. The first kappa shape index (κ1) is 44.7. The lowest BCUT2D eigenvalue weighted by molar-refractivity contribution is -0.224. The highest BCUT2D eigenvalue weighted by Crippen LogP contribution is 2.61. The minimum atomic E-state index is -3.94. The molecule has 0 heterocycles. The Kier molecular flexibility index (Phi) is 36.6. The molecule has 0 fully saturated rings. The number of phosphoric acid groups is 1. The lowest BCUT2D eigenvalue weighted by Gasteiger charge is -2.28. The molecule has 0 saturated heterocycles. The molecule has 0 atom stereocenters. The molecule has 0 radical (unpaired) electrons. The van der Waals surface area contributed by atoms with Gasteiger partial charge in [-0.1, -0.05) is 130 Å². The minimum Gasteiger partial charge on any atom is -0.756 e. The van der Waals surface area contributed by atoms with Crippen LogP contribution in [0.2, 0.25) is 0 Å². The van der Waals surface area contributed by atoms with E-state index in [1.54, 1.807) is 64.2 Å². The third-order valence-electron chi connectivity index (χ3n) is 8.52. The van der Waals surface area contributed by atoms with Crippen LogP contribution in [0.5, 0.6) is 0 Å². The Morgan fingerprint density at radius 2 is 0.619 bits per heavy atom. The van der Waals surface area contributed by atoms with Crippen molar-refractivity contribution in [1.82, 2.24) is 0 Å². The Morgan fingerprint density at radius 3 is 0.833 bits per heavy atom. The molecule has 0 unspecified atom stereocenters. The maximum atomic E-state index is 10.4. The van der Waals surface area contributed by atoms with Crippen molar-refractivity contribution in [3.8, 4) is 0 Å². The molecule has 0 aliphatic carbocycles. The Morgan fingerprint density at radius 1 is 0.405 bits per heavy atom. The zero-order valence-corrected chi connectivity index (χ0v) is 31.5. The van der Waals surface area contributed by atoms with Gasteiger partial charge in [0.1, 0.15) is 0 Å². The summed E-state index contributed by atoms with van der Waals surface area (Å²) in [6.45, 7) is 12.8. The largest absolute Gasteiger partial charge is 0.756 e. The fourth-order valence-corrected chi connectivity index (χ4v) is 11.6. The number of phosphoric ester groups is 1. The normalized spacial score (nSPS) is 12.0. The molecule has 42 heavy (non-hydrogen) atoms. The second-order valence-corrected chi connectivity index (χ2v) is 18.5. The molecule has 0 bridgehead atoms. The first-order valence-corrected chi connectivity index (χ1v) is 22.8. The van der Waals surface area contributed by atoms with Crippen molar-refractivity contribution in [3.05, 3.63) is 0 Å². The van der Waals surface area contributed by atoms with E-state index in [1.165, 1.54) is 128 Å². The third-order valence-corrected chi connectivity index (χ3v) is 14.7. The van der Waals surface area contributed by atoms with E-state index in [-0.39, 0.29) is 13.2 Å². The topological polar surface area (TPSA) is 58.6 Å².